The predicted molar refractivity (Wildman–Crippen MR) is 87.9 cm³/mol. The fourth-order valence-electron chi connectivity index (χ4n) is 2.17. The number of nitrogens with one attached hydrogen (secondary N) is 1. The molecule has 0 aliphatic heterocycles. The lowest BCUT2D eigenvalue weighted by atomic mass is 10.1. The molecular weight excluding hydrogens is 248 g/mol. The van der Waals surface area contributed by atoms with Crippen molar-refractivity contribution < 1.29 is 4.74 Å². The van der Waals surface area contributed by atoms with Gasteiger partial charge in [0.1, 0.15) is 5.75 Å². The Morgan fingerprint density at radius 2 is 2.05 bits per heavy atom. The minimum Gasteiger partial charge on any atom is -0.494 e. The number of benzene rings is 1. The second-order valence-electron chi connectivity index (χ2n) is 5.44. The van der Waals surface area contributed by atoms with Gasteiger partial charge in [-0.25, -0.2) is 0 Å². The van der Waals surface area contributed by atoms with Crippen molar-refractivity contribution in [1.29, 1.82) is 0 Å². The molecule has 114 valence electrons. The zero-order chi connectivity index (χ0) is 14.8. The van der Waals surface area contributed by atoms with Crippen LogP contribution < -0.4 is 15.0 Å². The molecule has 0 aliphatic rings. The highest BCUT2D eigenvalue weighted by Gasteiger charge is 2.04. The van der Waals surface area contributed by atoms with Crippen LogP contribution in [0.4, 0.5) is 5.69 Å². The van der Waals surface area contributed by atoms with E-state index in [1.54, 1.807) is 0 Å². The summed E-state index contributed by atoms with van der Waals surface area (Å²) in [5.41, 5.74) is 1.18. The van der Waals surface area contributed by atoms with Crippen LogP contribution in [0, 0.1) is 0 Å². The molecule has 20 heavy (non-hydrogen) atoms. The number of hydrogen-bond acceptors (Lipinski definition) is 3. The van der Waals surface area contributed by atoms with Gasteiger partial charge in [0, 0.05) is 31.9 Å². The molecule has 1 unspecified atom stereocenters. The smallest absolute Gasteiger partial charge is 0.121 e. The van der Waals surface area contributed by atoms with Gasteiger partial charge >= 0.3 is 0 Å². The fourth-order valence-corrected chi connectivity index (χ4v) is 2.17. The molecule has 3 nitrogen and oxygen atoms in total. The molecule has 0 saturated carbocycles. The highest BCUT2D eigenvalue weighted by molar-refractivity contribution is 5.49. The van der Waals surface area contributed by atoms with Crippen LogP contribution in [0.15, 0.2) is 24.3 Å². The van der Waals surface area contributed by atoms with E-state index in [-0.39, 0.29) is 0 Å². The zero-order valence-electron chi connectivity index (χ0n) is 13.5. The van der Waals surface area contributed by atoms with Crippen LogP contribution in [0.2, 0.25) is 0 Å². The Bertz CT molecular complexity index is 366. The van der Waals surface area contributed by atoms with E-state index in [1.165, 1.54) is 24.9 Å². The summed E-state index contributed by atoms with van der Waals surface area (Å²) in [6.07, 6.45) is 4.67. The largest absolute Gasteiger partial charge is 0.494 e. The van der Waals surface area contributed by atoms with Crippen molar-refractivity contribution in [3.63, 3.8) is 0 Å². The van der Waals surface area contributed by atoms with Crippen LogP contribution in [0.25, 0.3) is 0 Å². The number of ether oxygens (including phenoxy) is 1. The van der Waals surface area contributed by atoms with Crippen LogP contribution >= 0.6 is 0 Å². The van der Waals surface area contributed by atoms with E-state index >= 15 is 0 Å². The van der Waals surface area contributed by atoms with Crippen molar-refractivity contribution in [2.24, 2.45) is 0 Å². The fraction of sp³-hybridized carbons (Fsp3) is 0.647. The third-order valence-corrected chi connectivity index (χ3v) is 3.48. The van der Waals surface area contributed by atoms with Crippen molar-refractivity contribution in [2.75, 3.05) is 32.1 Å². The van der Waals surface area contributed by atoms with Gasteiger partial charge in [-0.15, -0.1) is 0 Å². The molecule has 1 N–H and O–H groups in total. The van der Waals surface area contributed by atoms with E-state index < -0.39 is 0 Å². The Labute approximate surface area is 124 Å². The first-order valence-corrected chi connectivity index (χ1v) is 7.81. The standard InChI is InChI=1S/C17H30N2O/c1-5-12-18-15(6-2)9-8-13-20-17-11-7-10-16(14-17)19(3)4/h7,10-11,14-15,18H,5-6,8-9,12-13H2,1-4H3. The van der Waals surface area contributed by atoms with Gasteiger partial charge in [0.05, 0.1) is 6.61 Å². The minimum atomic E-state index is 0.631. The van der Waals surface area contributed by atoms with Crippen LogP contribution in [0.3, 0.4) is 0 Å². The van der Waals surface area contributed by atoms with Crippen molar-refractivity contribution in [1.82, 2.24) is 5.32 Å². The zero-order valence-corrected chi connectivity index (χ0v) is 13.5. The normalized spacial score (nSPS) is 12.2. The number of nitrogens with zero attached hydrogens (tertiary/aromatic N) is 1. The molecule has 0 fully saturated rings. The van der Waals surface area contributed by atoms with E-state index in [1.807, 2.05) is 26.2 Å². The number of rotatable bonds is 10. The van der Waals surface area contributed by atoms with Gasteiger partial charge in [-0.3, -0.25) is 0 Å². The summed E-state index contributed by atoms with van der Waals surface area (Å²) in [5.74, 6) is 0.964. The molecule has 0 amide bonds. The van der Waals surface area contributed by atoms with E-state index in [2.05, 4.69) is 36.2 Å². The molecular formula is C17H30N2O. The van der Waals surface area contributed by atoms with E-state index in [9.17, 15) is 0 Å². The molecule has 0 spiro atoms. The topological polar surface area (TPSA) is 24.5 Å². The summed E-state index contributed by atoms with van der Waals surface area (Å²) in [4.78, 5) is 2.09. The number of hydrogen-bond donors (Lipinski definition) is 1. The summed E-state index contributed by atoms with van der Waals surface area (Å²) in [5, 5.41) is 3.58. The molecule has 1 rings (SSSR count). The van der Waals surface area contributed by atoms with Gasteiger partial charge in [-0.1, -0.05) is 19.9 Å². The third-order valence-electron chi connectivity index (χ3n) is 3.48. The molecule has 1 aromatic carbocycles. The Morgan fingerprint density at radius 3 is 2.70 bits per heavy atom. The lowest BCUT2D eigenvalue weighted by molar-refractivity contribution is 0.294. The molecule has 0 radical (unpaired) electrons. The highest BCUT2D eigenvalue weighted by Crippen LogP contribution is 2.19. The highest BCUT2D eigenvalue weighted by atomic mass is 16.5. The second-order valence-corrected chi connectivity index (χ2v) is 5.44. The summed E-state index contributed by atoms with van der Waals surface area (Å²) in [6.45, 7) is 6.36. The first-order valence-electron chi connectivity index (χ1n) is 7.81. The average molecular weight is 278 g/mol. The molecule has 0 saturated heterocycles. The Hall–Kier alpha value is -1.22. The monoisotopic (exact) mass is 278 g/mol. The van der Waals surface area contributed by atoms with Gasteiger partial charge in [0.15, 0.2) is 0 Å². The maximum absolute atomic E-state index is 5.84. The van der Waals surface area contributed by atoms with Gasteiger partial charge in [0.2, 0.25) is 0 Å². The van der Waals surface area contributed by atoms with Gasteiger partial charge in [-0.05, 0) is 44.4 Å². The molecule has 3 heteroatoms. The quantitative estimate of drug-likeness (QED) is 0.661. The Kier molecular flexibility index (Phi) is 8.12. The second kappa shape index (κ2) is 9.65. The lowest BCUT2D eigenvalue weighted by Crippen LogP contribution is -2.29. The van der Waals surface area contributed by atoms with E-state index in [4.69, 9.17) is 4.74 Å². The maximum Gasteiger partial charge on any atom is 0.121 e. The first kappa shape index (κ1) is 16.8. The molecule has 0 aliphatic carbocycles. The Balaban J connectivity index is 2.28. The van der Waals surface area contributed by atoms with Gasteiger partial charge in [-0.2, -0.15) is 0 Å². The predicted octanol–water partition coefficient (Wildman–Crippen LogP) is 3.69. The molecule has 0 aromatic heterocycles. The Morgan fingerprint density at radius 1 is 1.25 bits per heavy atom. The summed E-state index contributed by atoms with van der Waals surface area (Å²) in [6, 6.07) is 8.88. The summed E-state index contributed by atoms with van der Waals surface area (Å²) < 4.78 is 5.84. The minimum absolute atomic E-state index is 0.631. The van der Waals surface area contributed by atoms with E-state index in [0.29, 0.717) is 6.04 Å². The van der Waals surface area contributed by atoms with Gasteiger partial charge < -0.3 is 15.0 Å². The molecule has 0 bridgehead atoms. The van der Waals surface area contributed by atoms with Crippen LogP contribution in [0.1, 0.15) is 39.5 Å². The van der Waals surface area contributed by atoms with Gasteiger partial charge in [0.25, 0.3) is 0 Å². The lowest BCUT2D eigenvalue weighted by Gasteiger charge is -2.17. The number of anilines is 1. The third kappa shape index (κ3) is 6.29. The SMILES string of the molecule is CCCNC(CC)CCCOc1cccc(N(C)C)c1. The van der Waals surface area contributed by atoms with Crippen molar-refractivity contribution >= 4 is 5.69 Å². The van der Waals surface area contributed by atoms with Crippen molar-refractivity contribution in [3.05, 3.63) is 24.3 Å². The molecule has 1 atom stereocenters. The molecule has 0 heterocycles. The first-order chi connectivity index (χ1) is 9.67. The van der Waals surface area contributed by atoms with E-state index in [0.717, 1.165) is 25.3 Å². The van der Waals surface area contributed by atoms with Crippen molar-refractivity contribution in [3.8, 4) is 5.75 Å². The average Bonchev–Trinajstić information content (AvgIpc) is 2.47. The van der Waals surface area contributed by atoms with Crippen LogP contribution in [-0.2, 0) is 0 Å². The van der Waals surface area contributed by atoms with Crippen LogP contribution in [-0.4, -0.2) is 33.3 Å². The summed E-state index contributed by atoms with van der Waals surface area (Å²) >= 11 is 0. The summed E-state index contributed by atoms with van der Waals surface area (Å²) in [7, 11) is 4.09. The van der Waals surface area contributed by atoms with Crippen molar-refractivity contribution in [2.45, 2.75) is 45.6 Å². The molecule has 1 aromatic rings. The maximum atomic E-state index is 5.84. The van der Waals surface area contributed by atoms with Crippen LogP contribution in [0.5, 0.6) is 5.75 Å².